The third kappa shape index (κ3) is 3.09. The molecule has 0 saturated heterocycles. The van der Waals surface area contributed by atoms with Crippen LogP contribution in [0.5, 0.6) is 0 Å². The molecule has 4 rings (SSSR count). The molecule has 1 fully saturated rings. The van der Waals surface area contributed by atoms with Crippen molar-refractivity contribution in [2.45, 2.75) is 37.5 Å². The molecular formula is C18H20ClN3O2S. The molecular weight excluding hydrogens is 358 g/mol. The molecule has 0 radical (unpaired) electrons. The number of halogens is 1. The Morgan fingerprint density at radius 1 is 1.24 bits per heavy atom. The predicted octanol–water partition coefficient (Wildman–Crippen LogP) is 4.48. The van der Waals surface area contributed by atoms with E-state index in [4.69, 9.17) is 11.6 Å². The molecule has 0 aliphatic heterocycles. The fraction of sp³-hybridized carbons (Fsp3) is 0.389. The number of rotatable bonds is 4. The van der Waals surface area contributed by atoms with Crippen LogP contribution >= 0.6 is 11.6 Å². The van der Waals surface area contributed by atoms with E-state index in [1.165, 1.54) is 0 Å². The van der Waals surface area contributed by atoms with Gasteiger partial charge in [-0.15, -0.1) is 0 Å². The van der Waals surface area contributed by atoms with E-state index in [1.54, 1.807) is 18.3 Å². The summed E-state index contributed by atoms with van der Waals surface area (Å²) >= 11 is 6.14. The Bertz CT molecular complexity index is 1030. The average Bonchev–Trinajstić information content (AvgIpc) is 3.25. The lowest BCUT2D eigenvalue weighted by Crippen LogP contribution is -2.14. The Morgan fingerprint density at radius 3 is 2.68 bits per heavy atom. The number of nitrogens with one attached hydrogen (secondary N) is 2. The first-order chi connectivity index (χ1) is 11.9. The Kier molecular flexibility index (Phi) is 4.12. The molecule has 0 atom stereocenters. The minimum absolute atomic E-state index is 0.180. The van der Waals surface area contributed by atoms with Gasteiger partial charge in [0.2, 0.25) is 0 Å². The number of hydrogen-bond donors (Lipinski definition) is 2. The fourth-order valence-electron chi connectivity index (χ4n) is 3.74. The first-order valence-corrected chi connectivity index (χ1v) is 10.5. The number of aromatic amines is 2. The Hall–Kier alpha value is -1.79. The minimum atomic E-state index is -3.46. The Morgan fingerprint density at radius 2 is 2.00 bits per heavy atom. The highest BCUT2D eigenvalue weighted by molar-refractivity contribution is 7.91. The number of aromatic nitrogens is 3. The van der Waals surface area contributed by atoms with E-state index < -0.39 is 9.84 Å². The summed E-state index contributed by atoms with van der Waals surface area (Å²) < 4.78 is 26.5. The second-order valence-corrected chi connectivity index (χ2v) is 9.27. The van der Waals surface area contributed by atoms with Crippen LogP contribution in [0.1, 0.15) is 31.4 Å². The molecule has 132 valence electrons. The largest absolute Gasteiger partial charge is 0.351 e. The van der Waals surface area contributed by atoms with Crippen molar-refractivity contribution in [2.24, 2.45) is 5.92 Å². The molecule has 25 heavy (non-hydrogen) atoms. The van der Waals surface area contributed by atoms with Crippen LogP contribution in [0.25, 0.3) is 22.4 Å². The van der Waals surface area contributed by atoms with E-state index >= 15 is 0 Å². The van der Waals surface area contributed by atoms with Crippen molar-refractivity contribution in [3.8, 4) is 11.5 Å². The van der Waals surface area contributed by atoms with Crippen molar-refractivity contribution < 1.29 is 8.42 Å². The molecule has 0 unspecified atom stereocenters. The molecule has 0 amide bonds. The van der Waals surface area contributed by atoms with Crippen LogP contribution in [0.2, 0.25) is 5.02 Å². The van der Waals surface area contributed by atoms with Gasteiger partial charge in [0.05, 0.1) is 5.75 Å². The van der Waals surface area contributed by atoms with Gasteiger partial charge in [0.1, 0.15) is 10.6 Å². The summed E-state index contributed by atoms with van der Waals surface area (Å²) in [5.41, 5.74) is 2.15. The van der Waals surface area contributed by atoms with Crippen LogP contribution in [0.4, 0.5) is 0 Å². The Labute approximate surface area is 151 Å². The van der Waals surface area contributed by atoms with Gasteiger partial charge in [0, 0.05) is 27.8 Å². The van der Waals surface area contributed by atoms with Gasteiger partial charge in [0.25, 0.3) is 0 Å². The van der Waals surface area contributed by atoms with Crippen molar-refractivity contribution in [3.05, 3.63) is 35.1 Å². The molecule has 0 spiro atoms. The van der Waals surface area contributed by atoms with Crippen LogP contribution in [0, 0.1) is 12.8 Å². The van der Waals surface area contributed by atoms with Crippen LogP contribution in [0.15, 0.2) is 29.3 Å². The second kappa shape index (κ2) is 6.18. The normalized spacial score (nSPS) is 16.1. The maximum absolute atomic E-state index is 13.3. The van der Waals surface area contributed by atoms with Crippen LogP contribution in [0.3, 0.4) is 0 Å². The number of fused-ring (bicyclic) bond motifs is 1. The standard InChI is InChI=1S/C18H20ClN3O2S/c1-11-9-20-18(21-11)16-17(14-8-13(19)6-7-15(14)22-16)25(23,24)10-12-4-2-3-5-12/h6-9,12,22H,2-5,10H2,1H3,(H,20,21). The molecule has 2 heterocycles. The summed E-state index contributed by atoms with van der Waals surface area (Å²) in [6.45, 7) is 1.89. The highest BCUT2D eigenvalue weighted by atomic mass is 35.5. The van der Waals surface area contributed by atoms with Crippen molar-refractivity contribution in [3.63, 3.8) is 0 Å². The van der Waals surface area contributed by atoms with Crippen LogP contribution in [-0.2, 0) is 9.84 Å². The van der Waals surface area contributed by atoms with E-state index in [9.17, 15) is 8.42 Å². The van der Waals surface area contributed by atoms with Crippen molar-refractivity contribution in [1.82, 2.24) is 15.0 Å². The van der Waals surface area contributed by atoms with E-state index in [2.05, 4.69) is 15.0 Å². The quantitative estimate of drug-likeness (QED) is 0.703. The molecule has 2 N–H and O–H groups in total. The lowest BCUT2D eigenvalue weighted by molar-refractivity contribution is 0.559. The van der Waals surface area contributed by atoms with E-state index in [0.29, 0.717) is 26.8 Å². The number of hydrogen-bond acceptors (Lipinski definition) is 3. The number of benzene rings is 1. The number of sulfone groups is 1. The minimum Gasteiger partial charge on any atom is -0.351 e. The van der Waals surface area contributed by atoms with Crippen molar-refractivity contribution in [1.29, 1.82) is 0 Å². The third-order valence-electron chi connectivity index (χ3n) is 4.89. The summed E-state index contributed by atoms with van der Waals surface area (Å²) in [5.74, 6) is 0.953. The van der Waals surface area contributed by atoms with Gasteiger partial charge in [-0.05, 0) is 43.9 Å². The Balaban J connectivity index is 1.91. The average molecular weight is 378 g/mol. The number of imidazole rings is 1. The van der Waals surface area contributed by atoms with Gasteiger partial charge >= 0.3 is 0 Å². The van der Waals surface area contributed by atoms with Gasteiger partial charge < -0.3 is 9.97 Å². The smallest absolute Gasteiger partial charge is 0.181 e. The van der Waals surface area contributed by atoms with Crippen molar-refractivity contribution in [2.75, 3.05) is 5.75 Å². The molecule has 5 nitrogen and oxygen atoms in total. The third-order valence-corrected chi connectivity index (χ3v) is 7.08. The lowest BCUT2D eigenvalue weighted by Gasteiger charge is -2.11. The second-order valence-electron chi connectivity index (χ2n) is 6.87. The van der Waals surface area contributed by atoms with Gasteiger partial charge in [-0.2, -0.15) is 0 Å². The molecule has 7 heteroatoms. The van der Waals surface area contributed by atoms with Gasteiger partial charge in [0.15, 0.2) is 15.7 Å². The zero-order valence-electron chi connectivity index (χ0n) is 14.0. The molecule has 2 aromatic heterocycles. The zero-order valence-corrected chi connectivity index (χ0v) is 15.5. The van der Waals surface area contributed by atoms with Crippen molar-refractivity contribution >= 4 is 32.3 Å². The first-order valence-electron chi connectivity index (χ1n) is 8.50. The first kappa shape index (κ1) is 16.7. The van der Waals surface area contributed by atoms with Crippen LogP contribution < -0.4 is 0 Å². The SMILES string of the molecule is Cc1cnc(-c2[nH]c3ccc(Cl)cc3c2S(=O)(=O)CC2CCCC2)[nH]1. The monoisotopic (exact) mass is 377 g/mol. The molecule has 0 bridgehead atoms. The maximum Gasteiger partial charge on any atom is 0.181 e. The van der Waals surface area contributed by atoms with E-state index in [-0.39, 0.29) is 11.7 Å². The lowest BCUT2D eigenvalue weighted by atomic mass is 10.1. The molecule has 3 aromatic rings. The molecule has 1 aliphatic rings. The van der Waals surface area contributed by atoms with Crippen LogP contribution in [-0.4, -0.2) is 29.1 Å². The van der Waals surface area contributed by atoms with Gasteiger partial charge in [-0.3, -0.25) is 0 Å². The highest BCUT2D eigenvalue weighted by Gasteiger charge is 2.30. The fourth-order valence-corrected chi connectivity index (χ4v) is 5.99. The number of nitrogens with zero attached hydrogens (tertiary/aromatic N) is 1. The van der Waals surface area contributed by atoms with E-state index in [1.807, 2.05) is 13.0 Å². The summed E-state index contributed by atoms with van der Waals surface area (Å²) in [7, 11) is -3.46. The molecule has 1 saturated carbocycles. The highest BCUT2D eigenvalue weighted by Crippen LogP contribution is 2.37. The number of H-pyrrole nitrogens is 2. The van der Waals surface area contributed by atoms with E-state index in [0.717, 1.165) is 36.9 Å². The van der Waals surface area contributed by atoms with Gasteiger partial charge in [-0.25, -0.2) is 13.4 Å². The molecule has 1 aromatic carbocycles. The summed E-state index contributed by atoms with van der Waals surface area (Å²) in [6.07, 6.45) is 5.89. The molecule has 1 aliphatic carbocycles. The maximum atomic E-state index is 13.3. The zero-order chi connectivity index (χ0) is 17.6. The number of aryl methyl sites for hydroxylation is 1. The topological polar surface area (TPSA) is 78.6 Å². The predicted molar refractivity (Wildman–Crippen MR) is 99.6 cm³/mol. The summed E-state index contributed by atoms with van der Waals surface area (Å²) in [4.78, 5) is 11.0. The summed E-state index contributed by atoms with van der Waals surface area (Å²) in [5, 5.41) is 1.15. The summed E-state index contributed by atoms with van der Waals surface area (Å²) in [6, 6.07) is 5.28. The van der Waals surface area contributed by atoms with Gasteiger partial charge in [-0.1, -0.05) is 24.4 Å².